The fraction of sp³-hybridized carbons (Fsp3) is 0.625. The monoisotopic (exact) mass is 229 g/mol. The van der Waals surface area contributed by atoms with Crippen molar-refractivity contribution in [2.75, 3.05) is 6.54 Å². The molecule has 0 bridgehead atoms. The molecule has 2 aliphatic rings. The molecule has 1 heteroatoms. The van der Waals surface area contributed by atoms with Gasteiger partial charge in [0, 0.05) is 12.1 Å². The van der Waals surface area contributed by atoms with Crippen LogP contribution in [0.5, 0.6) is 0 Å². The first kappa shape index (κ1) is 11.3. The van der Waals surface area contributed by atoms with Gasteiger partial charge in [0.25, 0.3) is 0 Å². The Morgan fingerprint density at radius 1 is 1.24 bits per heavy atom. The topological polar surface area (TPSA) is 3.24 Å². The van der Waals surface area contributed by atoms with Crippen LogP contribution < -0.4 is 0 Å². The van der Waals surface area contributed by atoms with Gasteiger partial charge in [0.1, 0.15) is 0 Å². The van der Waals surface area contributed by atoms with E-state index in [9.17, 15) is 0 Å². The van der Waals surface area contributed by atoms with Crippen molar-refractivity contribution in [1.29, 1.82) is 0 Å². The summed E-state index contributed by atoms with van der Waals surface area (Å²) < 4.78 is 0. The van der Waals surface area contributed by atoms with E-state index in [0.29, 0.717) is 11.5 Å². The number of likely N-dealkylation sites (tertiary alicyclic amines) is 1. The third kappa shape index (κ3) is 1.81. The molecular formula is C16H23N. The number of hydrogen-bond donors (Lipinski definition) is 0. The van der Waals surface area contributed by atoms with Gasteiger partial charge < -0.3 is 0 Å². The first-order valence-electron chi connectivity index (χ1n) is 7.01. The smallest absolute Gasteiger partial charge is 0.0323 e. The number of benzene rings is 1. The number of nitrogens with zero attached hydrogens (tertiary/aromatic N) is 1. The summed E-state index contributed by atoms with van der Waals surface area (Å²) in [6, 6.07) is 12.4. The molecule has 17 heavy (non-hydrogen) atoms. The normalized spacial score (nSPS) is 34.8. The molecule has 0 unspecified atom stereocenters. The third-order valence-corrected chi connectivity index (χ3v) is 5.15. The average Bonchev–Trinajstić information content (AvgIpc) is 2.86. The van der Waals surface area contributed by atoms with E-state index in [2.05, 4.69) is 49.1 Å². The number of rotatable bonds is 2. The Kier molecular flexibility index (Phi) is 2.74. The van der Waals surface area contributed by atoms with Gasteiger partial charge in [-0.15, -0.1) is 0 Å². The van der Waals surface area contributed by atoms with Crippen molar-refractivity contribution in [3.63, 3.8) is 0 Å². The second-order valence-electron chi connectivity index (χ2n) is 6.14. The molecule has 1 aromatic carbocycles. The molecule has 1 nitrogen and oxygen atoms in total. The Hall–Kier alpha value is -0.820. The molecule has 1 saturated heterocycles. The molecule has 0 radical (unpaired) electrons. The fourth-order valence-corrected chi connectivity index (χ4v) is 4.00. The SMILES string of the molecule is C[C@@H](c1ccccc1)N1CC[C@@]2(C)CCC[C@@H]12. The first-order valence-corrected chi connectivity index (χ1v) is 7.01. The molecule has 1 aliphatic heterocycles. The second kappa shape index (κ2) is 4.13. The van der Waals surface area contributed by atoms with Crippen molar-refractivity contribution in [3.05, 3.63) is 35.9 Å². The molecule has 92 valence electrons. The lowest BCUT2D eigenvalue weighted by Crippen LogP contribution is -2.35. The van der Waals surface area contributed by atoms with E-state index in [-0.39, 0.29) is 0 Å². The zero-order chi connectivity index (χ0) is 11.9. The van der Waals surface area contributed by atoms with E-state index in [1.54, 1.807) is 0 Å². The van der Waals surface area contributed by atoms with Crippen LogP contribution in [0.1, 0.15) is 51.1 Å². The van der Waals surface area contributed by atoms with Crippen LogP contribution >= 0.6 is 0 Å². The maximum absolute atomic E-state index is 2.75. The molecule has 3 atom stereocenters. The molecule has 0 amide bonds. The van der Waals surface area contributed by atoms with Gasteiger partial charge in [-0.1, -0.05) is 43.7 Å². The van der Waals surface area contributed by atoms with Crippen molar-refractivity contribution < 1.29 is 0 Å². The summed E-state index contributed by atoms with van der Waals surface area (Å²) in [4.78, 5) is 2.75. The van der Waals surface area contributed by atoms with Gasteiger partial charge in [0.15, 0.2) is 0 Å². The molecule has 1 aromatic rings. The van der Waals surface area contributed by atoms with Gasteiger partial charge in [0.2, 0.25) is 0 Å². The molecule has 1 heterocycles. The summed E-state index contributed by atoms with van der Waals surface area (Å²) in [5.41, 5.74) is 2.09. The molecule has 0 spiro atoms. The summed E-state index contributed by atoms with van der Waals surface area (Å²) in [6.45, 7) is 6.17. The highest BCUT2D eigenvalue weighted by Crippen LogP contribution is 2.50. The van der Waals surface area contributed by atoms with E-state index in [1.165, 1.54) is 37.8 Å². The van der Waals surface area contributed by atoms with Crippen LogP contribution in [0.4, 0.5) is 0 Å². The van der Waals surface area contributed by atoms with Crippen molar-refractivity contribution in [2.24, 2.45) is 5.41 Å². The lowest BCUT2D eigenvalue weighted by molar-refractivity contribution is 0.153. The van der Waals surface area contributed by atoms with Gasteiger partial charge in [-0.2, -0.15) is 0 Å². The van der Waals surface area contributed by atoms with Crippen molar-refractivity contribution in [1.82, 2.24) is 4.90 Å². The summed E-state index contributed by atoms with van der Waals surface area (Å²) >= 11 is 0. The van der Waals surface area contributed by atoms with Gasteiger partial charge >= 0.3 is 0 Å². The van der Waals surface area contributed by atoms with E-state index in [4.69, 9.17) is 0 Å². The van der Waals surface area contributed by atoms with Gasteiger partial charge in [0.05, 0.1) is 0 Å². The minimum atomic E-state index is 0.584. The van der Waals surface area contributed by atoms with Crippen LogP contribution in [0, 0.1) is 5.41 Å². The Balaban J connectivity index is 1.82. The Labute approximate surface area is 105 Å². The summed E-state index contributed by atoms with van der Waals surface area (Å²) in [5, 5.41) is 0. The lowest BCUT2D eigenvalue weighted by atomic mass is 9.85. The Morgan fingerprint density at radius 2 is 2.00 bits per heavy atom. The van der Waals surface area contributed by atoms with Crippen LogP contribution in [-0.4, -0.2) is 17.5 Å². The molecule has 0 aromatic heterocycles. The zero-order valence-electron chi connectivity index (χ0n) is 11.0. The zero-order valence-corrected chi connectivity index (χ0v) is 11.0. The quantitative estimate of drug-likeness (QED) is 0.740. The first-order chi connectivity index (χ1) is 8.21. The fourth-order valence-electron chi connectivity index (χ4n) is 4.00. The lowest BCUT2D eigenvalue weighted by Gasteiger charge is -2.33. The maximum atomic E-state index is 2.75. The molecule has 2 fully saturated rings. The average molecular weight is 229 g/mol. The standard InChI is InChI=1S/C16H23N/c1-13(14-7-4-3-5-8-14)17-12-11-16(2)10-6-9-15(16)17/h3-5,7-8,13,15H,6,9-12H2,1-2H3/t13-,15+,16+/m0/s1. The van der Waals surface area contributed by atoms with Gasteiger partial charge in [-0.25, -0.2) is 0 Å². The highest BCUT2D eigenvalue weighted by atomic mass is 15.2. The molecule has 0 N–H and O–H groups in total. The maximum Gasteiger partial charge on any atom is 0.0323 e. The Bertz CT molecular complexity index is 386. The largest absolute Gasteiger partial charge is 0.293 e. The van der Waals surface area contributed by atoms with Crippen molar-refractivity contribution >= 4 is 0 Å². The minimum absolute atomic E-state index is 0.584. The van der Waals surface area contributed by atoms with Crippen LogP contribution in [0.2, 0.25) is 0 Å². The van der Waals surface area contributed by atoms with E-state index >= 15 is 0 Å². The minimum Gasteiger partial charge on any atom is -0.293 e. The Morgan fingerprint density at radius 3 is 2.76 bits per heavy atom. The van der Waals surface area contributed by atoms with Crippen LogP contribution in [0.3, 0.4) is 0 Å². The highest BCUT2D eigenvalue weighted by Gasteiger charge is 2.47. The van der Waals surface area contributed by atoms with Gasteiger partial charge in [-0.05, 0) is 43.7 Å². The van der Waals surface area contributed by atoms with E-state index in [1.807, 2.05) is 0 Å². The molecular weight excluding hydrogens is 206 g/mol. The predicted octanol–water partition coefficient (Wildman–Crippen LogP) is 4.01. The summed E-state index contributed by atoms with van der Waals surface area (Å²) in [6.07, 6.45) is 5.68. The molecule has 1 saturated carbocycles. The van der Waals surface area contributed by atoms with Crippen LogP contribution in [-0.2, 0) is 0 Å². The van der Waals surface area contributed by atoms with Crippen LogP contribution in [0.25, 0.3) is 0 Å². The van der Waals surface area contributed by atoms with E-state index in [0.717, 1.165) is 6.04 Å². The third-order valence-electron chi connectivity index (χ3n) is 5.15. The van der Waals surface area contributed by atoms with Crippen molar-refractivity contribution in [2.45, 2.75) is 51.6 Å². The number of hydrogen-bond acceptors (Lipinski definition) is 1. The number of fused-ring (bicyclic) bond motifs is 1. The summed E-state index contributed by atoms with van der Waals surface area (Å²) in [7, 11) is 0. The molecule has 1 aliphatic carbocycles. The molecule has 3 rings (SSSR count). The second-order valence-corrected chi connectivity index (χ2v) is 6.14. The van der Waals surface area contributed by atoms with Gasteiger partial charge in [-0.3, -0.25) is 4.90 Å². The van der Waals surface area contributed by atoms with E-state index < -0.39 is 0 Å². The van der Waals surface area contributed by atoms with Crippen LogP contribution in [0.15, 0.2) is 30.3 Å². The predicted molar refractivity (Wildman–Crippen MR) is 71.9 cm³/mol. The highest BCUT2D eigenvalue weighted by molar-refractivity contribution is 5.19. The summed E-state index contributed by atoms with van der Waals surface area (Å²) in [5.74, 6) is 0. The van der Waals surface area contributed by atoms with Crippen molar-refractivity contribution in [3.8, 4) is 0 Å².